The number of allylic oxidation sites excluding steroid dienone is 2. The molecule has 0 radical (unpaired) electrons. The summed E-state index contributed by atoms with van der Waals surface area (Å²) >= 11 is 0. The predicted octanol–water partition coefficient (Wildman–Crippen LogP) is 6.25. The second-order valence-electron chi connectivity index (χ2n) is 5.17. The van der Waals surface area contributed by atoms with Crippen molar-refractivity contribution in [2.75, 3.05) is 0 Å². The van der Waals surface area contributed by atoms with Gasteiger partial charge in [0.25, 0.3) is 0 Å². The van der Waals surface area contributed by atoms with Gasteiger partial charge in [-0.25, -0.2) is 0 Å². The zero-order chi connectivity index (χ0) is 15.2. The van der Waals surface area contributed by atoms with Crippen LogP contribution in [0.2, 0.25) is 0 Å². The Bertz CT molecular complexity index is 444. The molecule has 0 saturated heterocycles. The molecule has 0 aliphatic rings. The average Bonchev–Trinajstić information content (AvgIpc) is 2.38. The van der Waals surface area contributed by atoms with E-state index >= 15 is 0 Å². The molecule has 1 unspecified atom stereocenters. The Morgan fingerprint density at radius 2 is 1.85 bits per heavy atom. The van der Waals surface area contributed by atoms with E-state index in [0.29, 0.717) is 5.92 Å². The van der Waals surface area contributed by atoms with Gasteiger partial charge in [0.2, 0.25) is 0 Å². The highest BCUT2D eigenvalue weighted by molar-refractivity contribution is 5.35. The summed E-state index contributed by atoms with van der Waals surface area (Å²) in [6.45, 7) is 5.97. The van der Waals surface area contributed by atoms with Crippen LogP contribution >= 0.6 is 0 Å². The van der Waals surface area contributed by atoms with Crippen molar-refractivity contribution in [3.8, 4) is 0 Å². The number of halogens is 3. The lowest BCUT2D eigenvalue weighted by Gasteiger charge is -2.18. The third kappa shape index (κ3) is 4.69. The molecule has 0 amide bonds. The van der Waals surface area contributed by atoms with Gasteiger partial charge in [0.05, 0.1) is 5.56 Å². The van der Waals surface area contributed by atoms with Crippen LogP contribution in [-0.4, -0.2) is 0 Å². The minimum atomic E-state index is -4.26. The zero-order valence-corrected chi connectivity index (χ0v) is 12.4. The maximum Gasteiger partial charge on any atom is 0.416 e. The molecule has 0 aliphatic heterocycles. The van der Waals surface area contributed by atoms with Gasteiger partial charge >= 0.3 is 6.18 Å². The van der Waals surface area contributed by atoms with Gasteiger partial charge in [0.1, 0.15) is 0 Å². The summed E-state index contributed by atoms with van der Waals surface area (Å²) in [5.41, 5.74) is 1.20. The lowest BCUT2D eigenvalue weighted by Crippen LogP contribution is -2.07. The predicted molar refractivity (Wildman–Crippen MR) is 77.9 cm³/mol. The van der Waals surface area contributed by atoms with Crippen LogP contribution < -0.4 is 0 Å². The molecule has 20 heavy (non-hydrogen) atoms. The first-order valence-corrected chi connectivity index (χ1v) is 7.22. The molecular formula is C17H23F3. The standard InChI is InChI=1S/C17H23F3/c1-4-6-7-8-9-14(5-2)16-11-10-15(12-13(16)3)17(18,19)20/h7-8,10-12,14H,4-6,9H2,1-3H3. The topological polar surface area (TPSA) is 0 Å². The second-order valence-corrected chi connectivity index (χ2v) is 5.17. The Hall–Kier alpha value is -1.25. The van der Waals surface area contributed by atoms with E-state index < -0.39 is 11.7 Å². The van der Waals surface area contributed by atoms with Gasteiger partial charge in [-0.1, -0.05) is 38.5 Å². The van der Waals surface area contributed by atoms with Crippen molar-refractivity contribution in [2.45, 2.75) is 58.5 Å². The fourth-order valence-electron chi connectivity index (χ4n) is 2.37. The highest BCUT2D eigenvalue weighted by Crippen LogP contribution is 2.33. The van der Waals surface area contributed by atoms with Gasteiger partial charge in [0, 0.05) is 0 Å². The summed E-state index contributed by atoms with van der Waals surface area (Å²) in [4.78, 5) is 0. The quantitative estimate of drug-likeness (QED) is 0.541. The van der Waals surface area contributed by atoms with Crippen LogP contribution in [0.15, 0.2) is 30.4 Å². The number of benzene rings is 1. The normalized spacial score (nSPS) is 13.9. The summed E-state index contributed by atoms with van der Waals surface area (Å²) in [5.74, 6) is 0.297. The molecule has 3 heteroatoms. The fourth-order valence-corrected chi connectivity index (χ4v) is 2.37. The molecule has 0 saturated carbocycles. The SMILES string of the molecule is CCCC=CCC(CC)c1ccc(C(F)(F)F)cc1C. The lowest BCUT2D eigenvalue weighted by molar-refractivity contribution is -0.137. The third-order valence-corrected chi connectivity index (χ3v) is 3.57. The summed E-state index contributed by atoms with van der Waals surface area (Å²) < 4.78 is 38.0. The Balaban J connectivity index is 2.88. The van der Waals surface area contributed by atoms with Crippen LogP contribution in [0, 0.1) is 6.92 Å². The molecule has 0 fully saturated rings. The van der Waals surface area contributed by atoms with E-state index in [9.17, 15) is 13.2 Å². The minimum absolute atomic E-state index is 0.297. The van der Waals surface area contributed by atoms with Gasteiger partial charge in [-0.05, 0) is 55.4 Å². The molecule has 112 valence electrons. The van der Waals surface area contributed by atoms with E-state index in [4.69, 9.17) is 0 Å². The maximum absolute atomic E-state index is 12.7. The highest BCUT2D eigenvalue weighted by Gasteiger charge is 2.30. The van der Waals surface area contributed by atoms with E-state index in [1.807, 2.05) is 0 Å². The molecule has 0 aliphatic carbocycles. The van der Waals surface area contributed by atoms with Crippen LogP contribution in [0.4, 0.5) is 13.2 Å². The molecule has 1 rings (SSSR count). The summed E-state index contributed by atoms with van der Waals surface area (Å²) in [5, 5.41) is 0. The number of rotatable bonds is 6. The molecular weight excluding hydrogens is 261 g/mol. The molecule has 0 aromatic heterocycles. The molecule has 0 heterocycles. The van der Waals surface area contributed by atoms with E-state index in [1.165, 1.54) is 12.1 Å². The zero-order valence-electron chi connectivity index (χ0n) is 12.4. The molecule has 1 aromatic carbocycles. The Morgan fingerprint density at radius 3 is 2.35 bits per heavy atom. The highest BCUT2D eigenvalue weighted by atomic mass is 19.4. The summed E-state index contributed by atoms with van der Waals surface area (Å²) in [6.07, 6.45) is 4.04. The second kappa shape index (κ2) is 7.51. The number of alkyl halides is 3. The number of hydrogen-bond acceptors (Lipinski definition) is 0. The number of unbranched alkanes of at least 4 members (excludes halogenated alkanes) is 1. The van der Waals surface area contributed by atoms with Gasteiger partial charge in [0.15, 0.2) is 0 Å². The first-order valence-electron chi connectivity index (χ1n) is 7.22. The van der Waals surface area contributed by atoms with E-state index in [1.54, 1.807) is 13.0 Å². The van der Waals surface area contributed by atoms with Crippen molar-refractivity contribution in [1.29, 1.82) is 0 Å². The number of hydrogen-bond donors (Lipinski definition) is 0. The average molecular weight is 284 g/mol. The lowest BCUT2D eigenvalue weighted by atomic mass is 9.89. The smallest absolute Gasteiger partial charge is 0.166 e. The van der Waals surface area contributed by atoms with Gasteiger partial charge in [-0.3, -0.25) is 0 Å². The van der Waals surface area contributed by atoms with Crippen LogP contribution in [0.3, 0.4) is 0 Å². The van der Waals surface area contributed by atoms with E-state index in [2.05, 4.69) is 26.0 Å². The van der Waals surface area contributed by atoms with Gasteiger partial charge in [-0.15, -0.1) is 0 Å². The number of aryl methyl sites for hydroxylation is 1. The Labute approximate surface area is 119 Å². The van der Waals surface area contributed by atoms with Crippen molar-refractivity contribution in [3.05, 3.63) is 47.0 Å². The first-order chi connectivity index (χ1) is 9.40. The molecule has 0 bridgehead atoms. The van der Waals surface area contributed by atoms with Gasteiger partial charge in [-0.2, -0.15) is 13.2 Å². The molecule has 1 atom stereocenters. The fraction of sp³-hybridized carbons (Fsp3) is 0.529. The van der Waals surface area contributed by atoms with E-state index in [-0.39, 0.29) is 0 Å². The molecule has 0 spiro atoms. The summed E-state index contributed by atoms with van der Waals surface area (Å²) in [7, 11) is 0. The Kier molecular flexibility index (Phi) is 6.31. The molecule has 0 nitrogen and oxygen atoms in total. The van der Waals surface area contributed by atoms with Crippen molar-refractivity contribution in [3.63, 3.8) is 0 Å². The molecule has 1 aromatic rings. The summed E-state index contributed by atoms with van der Waals surface area (Å²) in [6, 6.07) is 4.09. The van der Waals surface area contributed by atoms with E-state index in [0.717, 1.165) is 36.8 Å². The van der Waals surface area contributed by atoms with Crippen LogP contribution in [0.5, 0.6) is 0 Å². The first kappa shape index (κ1) is 16.8. The Morgan fingerprint density at radius 1 is 1.15 bits per heavy atom. The minimum Gasteiger partial charge on any atom is -0.166 e. The third-order valence-electron chi connectivity index (χ3n) is 3.57. The van der Waals surface area contributed by atoms with Crippen molar-refractivity contribution >= 4 is 0 Å². The van der Waals surface area contributed by atoms with Crippen molar-refractivity contribution in [2.24, 2.45) is 0 Å². The molecule has 0 N–H and O–H groups in total. The van der Waals surface area contributed by atoms with Crippen molar-refractivity contribution < 1.29 is 13.2 Å². The van der Waals surface area contributed by atoms with Crippen molar-refractivity contribution in [1.82, 2.24) is 0 Å². The monoisotopic (exact) mass is 284 g/mol. The van der Waals surface area contributed by atoms with Crippen LogP contribution in [0.1, 0.15) is 62.1 Å². The van der Waals surface area contributed by atoms with Crippen LogP contribution in [-0.2, 0) is 6.18 Å². The largest absolute Gasteiger partial charge is 0.416 e. The van der Waals surface area contributed by atoms with Crippen LogP contribution in [0.25, 0.3) is 0 Å². The van der Waals surface area contributed by atoms with Gasteiger partial charge < -0.3 is 0 Å². The maximum atomic E-state index is 12.7.